The lowest BCUT2D eigenvalue weighted by Gasteiger charge is -2.33. The van der Waals surface area contributed by atoms with E-state index in [1.807, 2.05) is 0 Å². The molecular weight excluding hydrogens is 230 g/mol. The van der Waals surface area contributed by atoms with Crippen LogP contribution < -0.4 is 16.0 Å². The van der Waals surface area contributed by atoms with Crippen molar-refractivity contribution < 1.29 is 9.90 Å². The Hall–Kier alpha value is -0.810. The fourth-order valence-electron chi connectivity index (χ4n) is 2.83. The monoisotopic (exact) mass is 255 g/mol. The van der Waals surface area contributed by atoms with E-state index in [4.69, 9.17) is 0 Å². The largest absolute Gasteiger partial charge is 0.387 e. The van der Waals surface area contributed by atoms with Crippen molar-refractivity contribution in [1.29, 1.82) is 0 Å². The Balaban J connectivity index is 1.67. The van der Waals surface area contributed by atoms with Crippen molar-refractivity contribution >= 4 is 6.03 Å². The van der Waals surface area contributed by atoms with Crippen LogP contribution in [0.25, 0.3) is 0 Å². The van der Waals surface area contributed by atoms with E-state index < -0.39 is 5.60 Å². The zero-order valence-electron chi connectivity index (χ0n) is 11.0. The van der Waals surface area contributed by atoms with E-state index in [1.165, 1.54) is 19.3 Å². The Kier molecular flexibility index (Phi) is 4.83. The number of β-amino-alcohol motifs (C(OH)–C–C–N with tert-alkyl or cyclic N) is 1. The van der Waals surface area contributed by atoms with Crippen molar-refractivity contribution in [3.05, 3.63) is 0 Å². The quantitative estimate of drug-likeness (QED) is 0.601. The first-order chi connectivity index (χ1) is 8.68. The standard InChI is InChI=1S/C13H25N3O2/c17-12(16-11-5-2-1-3-6-11)15-10-13(18)7-4-8-14-9-13/h11,14,18H,1-10H2,(H2,15,16,17)/t13-/m1/s1. The van der Waals surface area contributed by atoms with Crippen molar-refractivity contribution in [2.45, 2.75) is 56.6 Å². The number of hydrogen-bond donors (Lipinski definition) is 4. The van der Waals surface area contributed by atoms with Gasteiger partial charge in [0.05, 0.1) is 5.60 Å². The van der Waals surface area contributed by atoms with Gasteiger partial charge in [0, 0.05) is 19.1 Å². The van der Waals surface area contributed by atoms with Gasteiger partial charge in [-0.15, -0.1) is 0 Å². The highest BCUT2D eigenvalue weighted by Crippen LogP contribution is 2.17. The highest BCUT2D eigenvalue weighted by molar-refractivity contribution is 5.74. The van der Waals surface area contributed by atoms with Crippen LogP contribution >= 0.6 is 0 Å². The van der Waals surface area contributed by atoms with Crippen LogP contribution in [0.4, 0.5) is 4.79 Å². The molecule has 1 saturated heterocycles. The van der Waals surface area contributed by atoms with Gasteiger partial charge in [-0.1, -0.05) is 19.3 Å². The topological polar surface area (TPSA) is 73.4 Å². The van der Waals surface area contributed by atoms with Gasteiger partial charge in [0.1, 0.15) is 0 Å². The zero-order valence-corrected chi connectivity index (χ0v) is 11.0. The molecule has 0 aromatic rings. The number of nitrogens with one attached hydrogen (secondary N) is 3. The Bertz CT molecular complexity index is 271. The third kappa shape index (κ3) is 4.14. The molecule has 1 aliphatic heterocycles. The van der Waals surface area contributed by atoms with E-state index in [9.17, 15) is 9.90 Å². The lowest BCUT2D eigenvalue weighted by atomic mass is 9.94. The summed E-state index contributed by atoms with van der Waals surface area (Å²) < 4.78 is 0. The van der Waals surface area contributed by atoms with Crippen molar-refractivity contribution in [2.75, 3.05) is 19.6 Å². The summed E-state index contributed by atoms with van der Waals surface area (Å²) in [6.07, 6.45) is 7.58. The summed E-state index contributed by atoms with van der Waals surface area (Å²) in [5, 5.41) is 19.2. The summed E-state index contributed by atoms with van der Waals surface area (Å²) in [6, 6.07) is 0.179. The van der Waals surface area contributed by atoms with Gasteiger partial charge in [0.15, 0.2) is 0 Å². The second-order valence-corrected chi connectivity index (χ2v) is 5.67. The molecule has 5 nitrogen and oxygen atoms in total. The maximum atomic E-state index is 11.7. The Labute approximate surface area is 109 Å². The van der Waals surface area contributed by atoms with Crippen molar-refractivity contribution in [1.82, 2.24) is 16.0 Å². The molecule has 1 atom stereocenters. The normalized spacial score (nSPS) is 29.8. The number of carbonyl (C=O) groups is 1. The van der Waals surface area contributed by atoms with Crippen molar-refractivity contribution in [3.63, 3.8) is 0 Å². The fraction of sp³-hybridized carbons (Fsp3) is 0.923. The maximum Gasteiger partial charge on any atom is 0.315 e. The third-order valence-electron chi connectivity index (χ3n) is 3.97. The highest BCUT2D eigenvalue weighted by Gasteiger charge is 2.29. The molecule has 4 N–H and O–H groups in total. The van der Waals surface area contributed by atoms with Gasteiger partial charge in [0.2, 0.25) is 0 Å². The van der Waals surface area contributed by atoms with E-state index in [-0.39, 0.29) is 6.03 Å². The molecule has 2 aliphatic rings. The first-order valence-corrected chi connectivity index (χ1v) is 7.15. The van der Waals surface area contributed by atoms with Gasteiger partial charge in [0.25, 0.3) is 0 Å². The molecule has 0 spiro atoms. The first-order valence-electron chi connectivity index (χ1n) is 7.15. The summed E-state index contributed by atoms with van der Waals surface area (Å²) in [5.74, 6) is 0. The van der Waals surface area contributed by atoms with E-state index in [0.717, 1.165) is 32.2 Å². The van der Waals surface area contributed by atoms with Crippen LogP contribution in [0.3, 0.4) is 0 Å². The summed E-state index contributed by atoms with van der Waals surface area (Å²) in [5.41, 5.74) is -0.776. The Morgan fingerprint density at radius 1 is 1.28 bits per heavy atom. The summed E-state index contributed by atoms with van der Waals surface area (Å²) >= 11 is 0. The van der Waals surface area contributed by atoms with E-state index >= 15 is 0 Å². The van der Waals surface area contributed by atoms with Crippen molar-refractivity contribution in [2.24, 2.45) is 0 Å². The molecule has 0 unspecified atom stereocenters. The summed E-state index contributed by atoms with van der Waals surface area (Å²) in [6.45, 7) is 1.85. The molecule has 0 aromatic carbocycles. The summed E-state index contributed by atoms with van der Waals surface area (Å²) in [4.78, 5) is 11.7. The maximum absolute atomic E-state index is 11.7. The average molecular weight is 255 g/mol. The Morgan fingerprint density at radius 3 is 2.72 bits per heavy atom. The molecule has 2 rings (SSSR count). The molecule has 2 fully saturated rings. The molecule has 104 valence electrons. The first kappa shape index (κ1) is 13.6. The third-order valence-corrected chi connectivity index (χ3v) is 3.97. The zero-order chi connectivity index (χ0) is 12.8. The minimum Gasteiger partial charge on any atom is -0.387 e. The number of amides is 2. The predicted octanol–water partition coefficient (Wildman–Crippen LogP) is 0.733. The number of carbonyl (C=O) groups excluding carboxylic acids is 1. The SMILES string of the molecule is O=C(NC[C@@]1(O)CCCNC1)NC1CCCCC1. The predicted molar refractivity (Wildman–Crippen MR) is 70.5 cm³/mol. The van der Waals surface area contributed by atoms with Crippen LogP contribution in [0.5, 0.6) is 0 Å². The molecule has 0 radical (unpaired) electrons. The number of hydrogen-bond acceptors (Lipinski definition) is 3. The van der Waals surface area contributed by atoms with Crippen LogP contribution in [0.2, 0.25) is 0 Å². The lowest BCUT2D eigenvalue weighted by molar-refractivity contribution is 0.0193. The number of aliphatic hydroxyl groups is 1. The minimum atomic E-state index is -0.776. The van der Waals surface area contributed by atoms with E-state index in [2.05, 4.69) is 16.0 Å². The van der Waals surface area contributed by atoms with Crippen LogP contribution in [-0.2, 0) is 0 Å². The smallest absolute Gasteiger partial charge is 0.315 e. The van der Waals surface area contributed by atoms with Gasteiger partial charge >= 0.3 is 6.03 Å². The van der Waals surface area contributed by atoms with Crippen molar-refractivity contribution in [3.8, 4) is 0 Å². The van der Waals surface area contributed by atoms with Gasteiger partial charge in [-0.05, 0) is 32.2 Å². The molecule has 0 aromatic heterocycles. The van der Waals surface area contributed by atoms with E-state index in [1.54, 1.807) is 0 Å². The molecule has 2 amide bonds. The average Bonchev–Trinajstić information content (AvgIpc) is 2.39. The molecular formula is C13H25N3O2. The van der Waals surface area contributed by atoms with Gasteiger partial charge in [-0.3, -0.25) is 0 Å². The molecule has 0 bridgehead atoms. The fourth-order valence-corrected chi connectivity index (χ4v) is 2.83. The molecule has 5 heteroatoms. The van der Waals surface area contributed by atoms with Gasteiger partial charge < -0.3 is 21.1 Å². The van der Waals surface area contributed by atoms with Crippen LogP contribution in [-0.4, -0.2) is 42.4 Å². The molecule has 1 aliphatic carbocycles. The van der Waals surface area contributed by atoms with E-state index in [0.29, 0.717) is 19.1 Å². The second kappa shape index (κ2) is 6.38. The van der Waals surface area contributed by atoms with Crippen LogP contribution in [0.15, 0.2) is 0 Å². The molecule has 1 saturated carbocycles. The van der Waals surface area contributed by atoms with Crippen LogP contribution in [0.1, 0.15) is 44.9 Å². The number of piperidine rings is 1. The van der Waals surface area contributed by atoms with Gasteiger partial charge in [-0.25, -0.2) is 4.79 Å². The van der Waals surface area contributed by atoms with Gasteiger partial charge in [-0.2, -0.15) is 0 Å². The molecule has 1 heterocycles. The summed E-state index contributed by atoms with van der Waals surface area (Å²) in [7, 11) is 0. The minimum absolute atomic E-state index is 0.138. The number of rotatable bonds is 3. The lowest BCUT2D eigenvalue weighted by Crippen LogP contribution is -2.55. The Morgan fingerprint density at radius 2 is 2.06 bits per heavy atom. The second-order valence-electron chi connectivity index (χ2n) is 5.67. The highest BCUT2D eigenvalue weighted by atomic mass is 16.3. The van der Waals surface area contributed by atoms with Crippen LogP contribution in [0, 0.1) is 0 Å². The molecule has 18 heavy (non-hydrogen) atoms. The number of urea groups is 1.